The van der Waals surface area contributed by atoms with Crippen molar-refractivity contribution in [2.24, 2.45) is 0 Å². The minimum Gasteiger partial charge on any atom is -0.493 e. The number of hydrogen-bond donors (Lipinski definition) is 2. The molecule has 0 aliphatic rings. The van der Waals surface area contributed by atoms with Gasteiger partial charge >= 0.3 is 0 Å². The zero-order valence-corrected chi connectivity index (χ0v) is 14.9. The second-order valence-electron chi connectivity index (χ2n) is 5.20. The van der Waals surface area contributed by atoms with E-state index in [4.69, 9.17) is 32.7 Å². The molecule has 0 bridgehead atoms. The quantitative estimate of drug-likeness (QED) is 0.640. The standard InChI is InChI=1S/C17H16Cl2N4O2/c1-24-16-6-11(8-20-17-21-10-22-23-17)2-5-15(16)25-9-12-3-4-13(18)7-14(12)19/h2-7,10H,8-9H2,1H3,(H2,20,21,22,23). The molecule has 3 rings (SSSR count). The highest BCUT2D eigenvalue weighted by atomic mass is 35.5. The molecule has 130 valence electrons. The van der Waals surface area contributed by atoms with E-state index in [9.17, 15) is 0 Å². The van der Waals surface area contributed by atoms with Gasteiger partial charge in [0.05, 0.1) is 7.11 Å². The van der Waals surface area contributed by atoms with Crippen LogP contribution in [-0.4, -0.2) is 22.3 Å². The zero-order chi connectivity index (χ0) is 17.6. The third kappa shape index (κ3) is 4.55. The van der Waals surface area contributed by atoms with Gasteiger partial charge in [0.1, 0.15) is 12.9 Å². The Labute approximate surface area is 155 Å². The van der Waals surface area contributed by atoms with Crippen LogP contribution in [0.5, 0.6) is 11.5 Å². The molecular formula is C17H16Cl2N4O2. The van der Waals surface area contributed by atoms with Crippen LogP contribution < -0.4 is 14.8 Å². The number of methoxy groups -OCH3 is 1. The van der Waals surface area contributed by atoms with Gasteiger partial charge in [-0.05, 0) is 29.8 Å². The van der Waals surface area contributed by atoms with Crippen LogP contribution in [0.15, 0.2) is 42.7 Å². The van der Waals surface area contributed by atoms with Gasteiger partial charge in [-0.3, -0.25) is 0 Å². The lowest BCUT2D eigenvalue weighted by Crippen LogP contribution is -2.03. The fraction of sp³-hybridized carbons (Fsp3) is 0.176. The fourth-order valence-electron chi connectivity index (χ4n) is 2.21. The molecule has 0 atom stereocenters. The van der Waals surface area contributed by atoms with Crippen LogP contribution in [-0.2, 0) is 13.2 Å². The Bertz CT molecular complexity index is 841. The van der Waals surface area contributed by atoms with Crippen molar-refractivity contribution >= 4 is 29.2 Å². The lowest BCUT2D eigenvalue weighted by molar-refractivity contribution is 0.284. The van der Waals surface area contributed by atoms with Gasteiger partial charge in [-0.25, -0.2) is 10.1 Å². The molecule has 0 amide bonds. The summed E-state index contributed by atoms with van der Waals surface area (Å²) in [4.78, 5) is 4.01. The largest absolute Gasteiger partial charge is 0.493 e. The second-order valence-corrected chi connectivity index (χ2v) is 6.04. The molecule has 0 aliphatic heterocycles. The highest BCUT2D eigenvalue weighted by molar-refractivity contribution is 6.35. The predicted octanol–water partition coefficient (Wildman–Crippen LogP) is 4.31. The highest BCUT2D eigenvalue weighted by Crippen LogP contribution is 2.30. The van der Waals surface area contributed by atoms with E-state index in [1.54, 1.807) is 19.2 Å². The summed E-state index contributed by atoms with van der Waals surface area (Å²) in [5.41, 5.74) is 1.87. The van der Waals surface area contributed by atoms with Crippen LogP contribution in [0.2, 0.25) is 10.0 Å². The number of aromatic amines is 1. The number of halogens is 2. The van der Waals surface area contributed by atoms with Crippen LogP contribution >= 0.6 is 23.2 Å². The summed E-state index contributed by atoms with van der Waals surface area (Å²) in [6, 6.07) is 11.0. The van der Waals surface area contributed by atoms with E-state index in [0.29, 0.717) is 40.6 Å². The number of aromatic nitrogens is 3. The lowest BCUT2D eigenvalue weighted by Gasteiger charge is -2.13. The summed E-state index contributed by atoms with van der Waals surface area (Å²) in [5.74, 6) is 1.88. The van der Waals surface area contributed by atoms with Crippen molar-refractivity contribution in [2.45, 2.75) is 13.2 Å². The SMILES string of the molecule is COc1cc(CNc2ncn[nH]2)ccc1OCc1ccc(Cl)cc1Cl. The molecular weight excluding hydrogens is 363 g/mol. The van der Waals surface area contributed by atoms with Crippen LogP contribution in [0.3, 0.4) is 0 Å². The molecule has 1 aromatic heterocycles. The van der Waals surface area contributed by atoms with E-state index in [1.807, 2.05) is 24.3 Å². The van der Waals surface area contributed by atoms with Gasteiger partial charge in [-0.1, -0.05) is 35.3 Å². The van der Waals surface area contributed by atoms with Crippen LogP contribution in [0.1, 0.15) is 11.1 Å². The van der Waals surface area contributed by atoms with E-state index in [-0.39, 0.29) is 0 Å². The molecule has 0 fully saturated rings. The Balaban J connectivity index is 1.66. The van der Waals surface area contributed by atoms with Crippen molar-refractivity contribution in [3.05, 3.63) is 63.9 Å². The van der Waals surface area contributed by atoms with Crippen molar-refractivity contribution in [3.8, 4) is 11.5 Å². The molecule has 0 saturated heterocycles. The maximum Gasteiger partial charge on any atom is 0.218 e. The third-order valence-electron chi connectivity index (χ3n) is 3.50. The lowest BCUT2D eigenvalue weighted by atomic mass is 10.2. The molecule has 3 aromatic rings. The fourth-order valence-corrected chi connectivity index (χ4v) is 2.67. The zero-order valence-electron chi connectivity index (χ0n) is 13.4. The van der Waals surface area contributed by atoms with Gasteiger partial charge in [-0.15, -0.1) is 0 Å². The van der Waals surface area contributed by atoms with E-state index >= 15 is 0 Å². The average molecular weight is 379 g/mol. The van der Waals surface area contributed by atoms with Crippen molar-refractivity contribution in [3.63, 3.8) is 0 Å². The van der Waals surface area contributed by atoms with E-state index in [2.05, 4.69) is 20.5 Å². The summed E-state index contributed by atoms with van der Waals surface area (Å²) in [6.07, 6.45) is 1.45. The van der Waals surface area contributed by atoms with Crippen molar-refractivity contribution in [1.82, 2.24) is 15.2 Å². The molecule has 1 heterocycles. The first kappa shape index (κ1) is 17.4. The summed E-state index contributed by atoms with van der Waals surface area (Å²) < 4.78 is 11.3. The maximum atomic E-state index is 6.17. The molecule has 2 N–H and O–H groups in total. The summed E-state index contributed by atoms with van der Waals surface area (Å²) in [6.45, 7) is 0.900. The second kappa shape index (κ2) is 8.09. The topological polar surface area (TPSA) is 72.1 Å². The Morgan fingerprint density at radius 1 is 1.12 bits per heavy atom. The maximum absolute atomic E-state index is 6.17. The molecule has 0 unspecified atom stereocenters. The van der Waals surface area contributed by atoms with E-state index in [1.165, 1.54) is 6.33 Å². The number of ether oxygens (including phenoxy) is 2. The average Bonchev–Trinajstić information content (AvgIpc) is 3.13. The van der Waals surface area contributed by atoms with E-state index in [0.717, 1.165) is 11.1 Å². The van der Waals surface area contributed by atoms with Gasteiger partial charge < -0.3 is 14.8 Å². The number of H-pyrrole nitrogens is 1. The van der Waals surface area contributed by atoms with Gasteiger partial charge in [0.15, 0.2) is 11.5 Å². The van der Waals surface area contributed by atoms with Crippen LogP contribution in [0, 0.1) is 0 Å². The highest BCUT2D eigenvalue weighted by Gasteiger charge is 2.08. The molecule has 0 aliphatic carbocycles. The first-order valence-electron chi connectivity index (χ1n) is 7.48. The van der Waals surface area contributed by atoms with Crippen molar-refractivity contribution in [2.75, 3.05) is 12.4 Å². The third-order valence-corrected chi connectivity index (χ3v) is 4.09. The molecule has 25 heavy (non-hydrogen) atoms. The van der Waals surface area contributed by atoms with Gasteiger partial charge in [0.25, 0.3) is 0 Å². The van der Waals surface area contributed by atoms with Gasteiger partial charge in [0.2, 0.25) is 5.95 Å². The Morgan fingerprint density at radius 3 is 2.72 bits per heavy atom. The number of rotatable bonds is 7. The molecule has 8 heteroatoms. The molecule has 0 radical (unpaired) electrons. The molecule has 6 nitrogen and oxygen atoms in total. The normalized spacial score (nSPS) is 10.5. The van der Waals surface area contributed by atoms with Crippen LogP contribution in [0.25, 0.3) is 0 Å². The number of benzene rings is 2. The van der Waals surface area contributed by atoms with Gasteiger partial charge in [-0.2, -0.15) is 5.10 Å². The number of nitrogens with zero attached hydrogens (tertiary/aromatic N) is 2. The summed E-state index contributed by atoms with van der Waals surface area (Å²) in [7, 11) is 1.60. The summed E-state index contributed by atoms with van der Waals surface area (Å²) in [5, 5.41) is 10.8. The molecule has 0 saturated carbocycles. The Kier molecular flexibility index (Phi) is 5.63. The Morgan fingerprint density at radius 2 is 2.00 bits per heavy atom. The first-order chi connectivity index (χ1) is 12.2. The van der Waals surface area contributed by atoms with E-state index < -0.39 is 0 Å². The van der Waals surface area contributed by atoms with Gasteiger partial charge in [0, 0.05) is 22.2 Å². The number of hydrogen-bond acceptors (Lipinski definition) is 5. The van der Waals surface area contributed by atoms with Crippen LogP contribution in [0.4, 0.5) is 5.95 Å². The minimum absolute atomic E-state index is 0.321. The van der Waals surface area contributed by atoms with Crippen molar-refractivity contribution < 1.29 is 9.47 Å². The Hall–Kier alpha value is -2.44. The smallest absolute Gasteiger partial charge is 0.218 e. The predicted molar refractivity (Wildman–Crippen MR) is 97.5 cm³/mol. The summed E-state index contributed by atoms with van der Waals surface area (Å²) >= 11 is 12.1. The number of nitrogens with one attached hydrogen (secondary N) is 2. The monoisotopic (exact) mass is 378 g/mol. The molecule has 0 spiro atoms. The molecule has 2 aromatic carbocycles. The van der Waals surface area contributed by atoms with Crippen molar-refractivity contribution in [1.29, 1.82) is 0 Å². The first-order valence-corrected chi connectivity index (χ1v) is 8.24. The number of anilines is 1. The minimum atomic E-state index is 0.321.